The van der Waals surface area contributed by atoms with Crippen LogP contribution in [-0.2, 0) is 9.53 Å². The van der Waals surface area contributed by atoms with Gasteiger partial charge < -0.3 is 10.1 Å². The van der Waals surface area contributed by atoms with Crippen molar-refractivity contribution in [2.45, 2.75) is 12.3 Å². The van der Waals surface area contributed by atoms with E-state index >= 15 is 0 Å². The van der Waals surface area contributed by atoms with Gasteiger partial charge in [0.25, 0.3) is 5.91 Å². The molecule has 0 heterocycles. The summed E-state index contributed by atoms with van der Waals surface area (Å²) < 4.78 is 17.4. The molecule has 1 unspecified atom stereocenters. The Morgan fingerprint density at radius 2 is 2.17 bits per heavy atom. The Labute approximate surface area is 109 Å². The lowest BCUT2D eigenvalue weighted by Gasteiger charge is -2.10. The van der Waals surface area contributed by atoms with Crippen LogP contribution in [0.1, 0.15) is 15.9 Å². The molecule has 0 spiro atoms. The summed E-state index contributed by atoms with van der Waals surface area (Å²) in [4.78, 5) is 22.8. The van der Waals surface area contributed by atoms with Crippen molar-refractivity contribution in [1.29, 1.82) is 0 Å². The zero-order valence-electron chi connectivity index (χ0n) is 10.00. The summed E-state index contributed by atoms with van der Waals surface area (Å²) >= 11 is 5.67. The fraction of sp³-hybridized carbons (Fsp3) is 0.333. The smallest absolute Gasteiger partial charge is 0.325 e. The van der Waals surface area contributed by atoms with Crippen LogP contribution in [0, 0.1) is 12.7 Å². The van der Waals surface area contributed by atoms with Crippen molar-refractivity contribution in [3.8, 4) is 0 Å². The first-order valence-electron chi connectivity index (χ1n) is 5.22. The van der Waals surface area contributed by atoms with Crippen LogP contribution in [0.15, 0.2) is 18.2 Å². The first kappa shape index (κ1) is 14.4. The molecule has 6 heteroatoms. The number of esters is 1. The highest BCUT2D eigenvalue weighted by Crippen LogP contribution is 2.10. The van der Waals surface area contributed by atoms with Crippen molar-refractivity contribution in [1.82, 2.24) is 5.32 Å². The number of rotatable bonds is 4. The summed E-state index contributed by atoms with van der Waals surface area (Å²) in [5.74, 6) is -1.62. The summed E-state index contributed by atoms with van der Waals surface area (Å²) in [6.45, 7) is 1.61. The van der Waals surface area contributed by atoms with Crippen LogP contribution < -0.4 is 5.32 Å². The highest BCUT2D eigenvalue weighted by atomic mass is 35.5. The Morgan fingerprint density at radius 3 is 2.78 bits per heavy atom. The summed E-state index contributed by atoms with van der Waals surface area (Å²) in [5, 5.41) is 1.48. The first-order chi connectivity index (χ1) is 8.45. The van der Waals surface area contributed by atoms with E-state index in [4.69, 9.17) is 11.6 Å². The number of halogens is 2. The summed E-state index contributed by atoms with van der Waals surface area (Å²) in [5.41, 5.74) is 0.849. The Kier molecular flexibility index (Phi) is 5.09. The molecule has 1 rings (SSSR count). The second-order valence-electron chi connectivity index (χ2n) is 3.66. The molecular formula is C12H13ClFNO3. The van der Waals surface area contributed by atoms with Gasteiger partial charge in [0.05, 0.1) is 7.11 Å². The molecular weight excluding hydrogens is 261 g/mol. The topological polar surface area (TPSA) is 55.4 Å². The van der Waals surface area contributed by atoms with Crippen molar-refractivity contribution in [3.05, 3.63) is 35.1 Å². The number of carbonyl (C=O) groups excluding carboxylic acids is 2. The Bertz CT molecular complexity index is 465. The molecule has 1 aromatic rings. The third-order valence-electron chi connectivity index (χ3n) is 2.34. The molecule has 0 saturated carbocycles. The number of benzene rings is 1. The maximum absolute atomic E-state index is 13.0. The zero-order valence-corrected chi connectivity index (χ0v) is 10.8. The predicted octanol–water partition coefficient (Wildman–Crippen LogP) is 1.64. The molecule has 1 aromatic carbocycles. The van der Waals surface area contributed by atoms with E-state index < -0.39 is 23.1 Å². The lowest BCUT2D eigenvalue weighted by Crippen LogP contribution is -2.34. The molecule has 0 saturated heterocycles. The fourth-order valence-electron chi connectivity index (χ4n) is 1.33. The fourth-order valence-corrected chi connectivity index (χ4v) is 1.49. The molecule has 98 valence electrons. The van der Waals surface area contributed by atoms with Crippen LogP contribution in [-0.4, -0.2) is 30.9 Å². The molecule has 18 heavy (non-hydrogen) atoms. The van der Waals surface area contributed by atoms with Gasteiger partial charge in [0, 0.05) is 12.1 Å². The van der Waals surface area contributed by atoms with Gasteiger partial charge in [-0.1, -0.05) is 6.07 Å². The maximum atomic E-state index is 13.0. The molecule has 0 aliphatic carbocycles. The average molecular weight is 274 g/mol. The van der Waals surface area contributed by atoms with Crippen molar-refractivity contribution in [2.75, 3.05) is 13.7 Å². The SMILES string of the molecule is COC(=O)C(Cl)CNC(=O)c1cc(F)ccc1C. The molecule has 1 amide bonds. The zero-order chi connectivity index (χ0) is 13.7. The molecule has 0 radical (unpaired) electrons. The second-order valence-corrected chi connectivity index (χ2v) is 4.19. The monoisotopic (exact) mass is 273 g/mol. The van der Waals surface area contributed by atoms with Gasteiger partial charge in [-0.15, -0.1) is 11.6 Å². The van der Waals surface area contributed by atoms with E-state index in [1.807, 2.05) is 0 Å². The third kappa shape index (κ3) is 3.70. The van der Waals surface area contributed by atoms with Crippen LogP contribution >= 0.6 is 11.6 Å². The van der Waals surface area contributed by atoms with E-state index in [2.05, 4.69) is 10.1 Å². The van der Waals surface area contributed by atoms with Crippen molar-refractivity contribution < 1.29 is 18.7 Å². The normalized spacial score (nSPS) is 11.8. The van der Waals surface area contributed by atoms with Crippen LogP contribution in [0.4, 0.5) is 4.39 Å². The highest BCUT2D eigenvalue weighted by molar-refractivity contribution is 6.30. The van der Waals surface area contributed by atoms with E-state index in [9.17, 15) is 14.0 Å². The second kappa shape index (κ2) is 6.35. The van der Waals surface area contributed by atoms with Crippen LogP contribution in [0.3, 0.4) is 0 Å². The van der Waals surface area contributed by atoms with E-state index in [0.717, 1.165) is 6.07 Å². The summed E-state index contributed by atoms with van der Waals surface area (Å²) in [7, 11) is 1.20. The van der Waals surface area contributed by atoms with Gasteiger partial charge in [-0.2, -0.15) is 0 Å². The van der Waals surface area contributed by atoms with E-state index in [0.29, 0.717) is 5.56 Å². The number of alkyl halides is 1. The molecule has 0 aliphatic rings. The largest absolute Gasteiger partial charge is 0.468 e. The molecule has 0 aliphatic heterocycles. The number of methoxy groups -OCH3 is 1. The summed E-state index contributed by atoms with van der Waals surface area (Å²) in [6, 6.07) is 3.90. The quantitative estimate of drug-likeness (QED) is 0.670. The lowest BCUT2D eigenvalue weighted by molar-refractivity contribution is -0.140. The number of hydrogen-bond acceptors (Lipinski definition) is 3. The minimum Gasteiger partial charge on any atom is -0.468 e. The number of carbonyl (C=O) groups is 2. The van der Waals surface area contributed by atoms with Crippen LogP contribution in [0.2, 0.25) is 0 Å². The molecule has 1 atom stereocenters. The molecule has 4 nitrogen and oxygen atoms in total. The van der Waals surface area contributed by atoms with Crippen molar-refractivity contribution in [3.63, 3.8) is 0 Å². The van der Waals surface area contributed by atoms with Gasteiger partial charge in [-0.05, 0) is 24.6 Å². The van der Waals surface area contributed by atoms with E-state index in [1.165, 1.54) is 19.2 Å². The van der Waals surface area contributed by atoms with Gasteiger partial charge in [0.1, 0.15) is 11.2 Å². The number of aryl methyl sites for hydroxylation is 1. The number of nitrogens with one attached hydrogen (secondary N) is 1. The predicted molar refractivity (Wildman–Crippen MR) is 65.1 cm³/mol. The van der Waals surface area contributed by atoms with Crippen molar-refractivity contribution >= 4 is 23.5 Å². The Hall–Kier alpha value is -1.62. The average Bonchev–Trinajstić information content (AvgIpc) is 2.37. The number of hydrogen-bond donors (Lipinski definition) is 1. The molecule has 1 N–H and O–H groups in total. The standard InChI is InChI=1S/C12H13ClFNO3/c1-7-3-4-8(14)5-9(7)11(16)15-6-10(13)12(17)18-2/h3-5,10H,6H2,1-2H3,(H,15,16). The van der Waals surface area contributed by atoms with E-state index in [-0.39, 0.29) is 12.1 Å². The van der Waals surface area contributed by atoms with Gasteiger partial charge in [-0.25, -0.2) is 4.39 Å². The van der Waals surface area contributed by atoms with Gasteiger partial charge in [0.2, 0.25) is 0 Å². The maximum Gasteiger partial charge on any atom is 0.325 e. The van der Waals surface area contributed by atoms with Gasteiger partial charge in [-0.3, -0.25) is 9.59 Å². The van der Waals surface area contributed by atoms with Crippen LogP contribution in [0.5, 0.6) is 0 Å². The van der Waals surface area contributed by atoms with E-state index in [1.54, 1.807) is 6.92 Å². The van der Waals surface area contributed by atoms with Gasteiger partial charge in [0.15, 0.2) is 0 Å². The van der Waals surface area contributed by atoms with Crippen molar-refractivity contribution in [2.24, 2.45) is 0 Å². The minimum absolute atomic E-state index is 0.0803. The van der Waals surface area contributed by atoms with Crippen LogP contribution in [0.25, 0.3) is 0 Å². The number of ether oxygens (including phenoxy) is 1. The first-order valence-corrected chi connectivity index (χ1v) is 5.65. The molecule has 0 bridgehead atoms. The number of amides is 1. The lowest BCUT2D eigenvalue weighted by atomic mass is 10.1. The molecule has 0 aromatic heterocycles. The minimum atomic E-state index is -0.965. The molecule has 0 fully saturated rings. The highest BCUT2D eigenvalue weighted by Gasteiger charge is 2.17. The Balaban J connectivity index is 2.66. The summed E-state index contributed by atoms with van der Waals surface area (Å²) in [6.07, 6.45) is 0. The van der Waals surface area contributed by atoms with Gasteiger partial charge >= 0.3 is 5.97 Å². The Morgan fingerprint density at radius 1 is 1.50 bits per heavy atom. The third-order valence-corrected chi connectivity index (χ3v) is 2.68.